The summed E-state index contributed by atoms with van der Waals surface area (Å²) in [4.78, 5) is 14.3. The van der Waals surface area contributed by atoms with Crippen LogP contribution in [0, 0.1) is 11.6 Å². The smallest absolute Gasteiger partial charge is 0.307 e. The van der Waals surface area contributed by atoms with E-state index in [4.69, 9.17) is 9.84 Å². The van der Waals surface area contributed by atoms with Gasteiger partial charge in [0.05, 0.1) is 6.42 Å². The molecular weight excluding hydrogens is 426 g/mol. The second-order valence-corrected chi connectivity index (χ2v) is 7.71. The van der Waals surface area contributed by atoms with Gasteiger partial charge >= 0.3 is 5.97 Å². The largest absolute Gasteiger partial charge is 0.489 e. The van der Waals surface area contributed by atoms with Crippen molar-refractivity contribution >= 4 is 29.3 Å². The highest BCUT2D eigenvalue weighted by Crippen LogP contribution is 2.31. The number of nitrogens with one attached hydrogen (secondary N) is 2. The molecule has 1 atom stereocenters. The van der Waals surface area contributed by atoms with Crippen LogP contribution in [0.3, 0.4) is 0 Å². The molecule has 3 aromatic rings. The molecule has 1 aromatic heterocycles. The van der Waals surface area contributed by atoms with Gasteiger partial charge in [-0.3, -0.25) is 4.79 Å². The molecule has 0 fully saturated rings. The molecule has 8 heteroatoms. The number of carboxylic acid groups (broad SMARTS) is 1. The summed E-state index contributed by atoms with van der Waals surface area (Å²) in [6.45, 7) is 1.12. The first kappa shape index (κ1) is 23.0. The summed E-state index contributed by atoms with van der Waals surface area (Å²) in [5.41, 5.74) is 3.28. The number of halogens is 3. The number of aliphatic carboxylic acids is 1. The maximum absolute atomic E-state index is 14.0. The summed E-state index contributed by atoms with van der Waals surface area (Å²) in [5.74, 6) is -1.46. The number of fused-ring (bicyclic) bond motifs is 2. The molecule has 5 nitrogen and oxygen atoms in total. The van der Waals surface area contributed by atoms with Gasteiger partial charge in [0, 0.05) is 28.7 Å². The van der Waals surface area contributed by atoms with Crippen molar-refractivity contribution in [3.63, 3.8) is 0 Å². The lowest BCUT2D eigenvalue weighted by Crippen LogP contribution is -2.40. The topological polar surface area (TPSA) is 74.4 Å². The van der Waals surface area contributed by atoms with E-state index in [1.807, 2.05) is 6.20 Å². The molecule has 0 radical (unpaired) electrons. The molecule has 0 spiro atoms. The Hall–Kier alpha value is -2.64. The molecule has 4 rings (SSSR count). The van der Waals surface area contributed by atoms with Gasteiger partial charge in [-0.1, -0.05) is 6.07 Å². The van der Waals surface area contributed by atoms with Crippen LogP contribution >= 0.6 is 12.4 Å². The van der Waals surface area contributed by atoms with E-state index < -0.39 is 11.8 Å². The van der Waals surface area contributed by atoms with E-state index in [-0.39, 0.29) is 36.4 Å². The van der Waals surface area contributed by atoms with Crippen LogP contribution in [0.5, 0.6) is 5.75 Å². The Balaban J connectivity index is 0.00000272. The average molecular weight is 451 g/mol. The fraction of sp³-hybridized carbons (Fsp3) is 0.348. The average Bonchev–Trinajstić information content (AvgIpc) is 3.12. The number of ether oxygens (including phenoxy) is 1. The molecule has 2 heterocycles. The van der Waals surface area contributed by atoms with Gasteiger partial charge in [-0.05, 0) is 67.6 Å². The zero-order chi connectivity index (χ0) is 21.1. The van der Waals surface area contributed by atoms with E-state index in [2.05, 4.69) is 10.3 Å². The molecule has 3 N–H and O–H groups in total. The third-order valence-corrected chi connectivity index (χ3v) is 5.57. The van der Waals surface area contributed by atoms with Crippen LogP contribution < -0.4 is 10.1 Å². The van der Waals surface area contributed by atoms with E-state index in [1.165, 1.54) is 18.2 Å². The number of carboxylic acids is 1. The molecule has 166 valence electrons. The fourth-order valence-corrected chi connectivity index (χ4v) is 4.07. The SMILES string of the molecule is Cl.O=C(O)Cc1ccc(F)c2c1CC(NCCCCc1c[nH]c3ccc(F)cc13)CO2. The summed E-state index contributed by atoms with van der Waals surface area (Å²) >= 11 is 0. The van der Waals surface area contributed by atoms with Crippen molar-refractivity contribution in [3.05, 3.63) is 64.9 Å². The van der Waals surface area contributed by atoms with Gasteiger partial charge in [0.15, 0.2) is 11.6 Å². The van der Waals surface area contributed by atoms with E-state index in [0.717, 1.165) is 42.3 Å². The Labute approximate surface area is 185 Å². The van der Waals surface area contributed by atoms with Crippen LogP contribution in [-0.4, -0.2) is 35.3 Å². The van der Waals surface area contributed by atoms with Gasteiger partial charge in [0.25, 0.3) is 0 Å². The van der Waals surface area contributed by atoms with Gasteiger partial charge in [0.1, 0.15) is 12.4 Å². The van der Waals surface area contributed by atoms with Gasteiger partial charge in [-0.15, -0.1) is 12.4 Å². The highest BCUT2D eigenvalue weighted by atomic mass is 35.5. The third kappa shape index (κ3) is 5.35. The number of H-pyrrole nitrogens is 1. The van der Waals surface area contributed by atoms with Crippen molar-refractivity contribution in [1.29, 1.82) is 0 Å². The second-order valence-electron chi connectivity index (χ2n) is 7.71. The third-order valence-electron chi connectivity index (χ3n) is 5.57. The molecule has 0 amide bonds. The molecule has 0 saturated heterocycles. The fourth-order valence-electron chi connectivity index (χ4n) is 4.07. The van der Waals surface area contributed by atoms with Gasteiger partial charge in [0.2, 0.25) is 0 Å². The Kier molecular flexibility index (Phi) is 7.51. The van der Waals surface area contributed by atoms with Crippen LogP contribution in [0.1, 0.15) is 29.5 Å². The number of benzene rings is 2. The second kappa shape index (κ2) is 10.1. The van der Waals surface area contributed by atoms with Crippen molar-refractivity contribution < 1.29 is 23.4 Å². The number of unbranched alkanes of at least 4 members (excludes halogenated alkanes) is 1. The molecule has 1 aliphatic rings. The van der Waals surface area contributed by atoms with Crippen molar-refractivity contribution in [3.8, 4) is 5.75 Å². The summed E-state index contributed by atoms with van der Waals surface area (Å²) < 4.78 is 33.1. The Morgan fingerprint density at radius 3 is 2.84 bits per heavy atom. The monoisotopic (exact) mass is 450 g/mol. The maximum Gasteiger partial charge on any atom is 0.307 e. The number of hydrogen-bond acceptors (Lipinski definition) is 3. The molecule has 0 bridgehead atoms. The minimum Gasteiger partial charge on any atom is -0.489 e. The maximum atomic E-state index is 14.0. The summed E-state index contributed by atoms with van der Waals surface area (Å²) in [5, 5.41) is 13.4. The van der Waals surface area contributed by atoms with Crippen molar-refractivity contribution in [2.75, 3.05) is 13.2 Å². The molecule has 0 saturated carbocycles. The number of hydrogen-bond donors (Lipinski definition) is 3. The molecule has 2 aromatic carbocycles. The van der Waals surface area contributed by atoms with Gasteiger partial charge in [-0.25, -0.2) is 8.78 Å². The quantitative estimate of drug-likeness (QED) is 0.444. The molecule has 1 unspecified atom stereocenters. The van der Waals surface area contributed by atoms with Crippen LogP contribution in [0.4, 0.5) is 8.78 Å². The minimum absolute atomic E-state index is 0. The van der Waals surface area contributed by atoms with E-state index in [1.54, 1.807) is 12.1 Å². The first-order chi connectivity index (χ1) is 14.5. The molecule has 0 aliphatic carbocycles. The molecular formula is C23H25ClF2N2O3. The normalized spacial score (nSPS) is 15.2. The van der Waals surface area contributed by atoms with E-state index in [0.29, 0.717) is 24.2 Å². The standard InChI is InChI=1S/C23H24F2N2O3.ClH/c24-16-5-7-21-18(10-16)15(12-27-21)3-1-2-8-26-17-11-19-14(9-22(28)29)4-6-20(25)23(19)30-13-17;/h4-7,10,12,17,26-27H,1-3,8-9,11,13H2,(H,28,29);1H. The Morgan fingerprint density at radius 2 is 2.03 bits per heavy atom. The molecule has 1 aliphatic heterocycles. The number of aryl methyl sites for hydroxylation is 1. The highest BCUT2D eigenvalue weighted by Gasteiger charge is 2.25. The summed E-state index contributed by atoms with van der Waals surface area (Å²) in [7, 11) is 0. The van der Waals surface area contributed by atoms with Crippen molar-refractivity contribution in [1.82, 2.24) is 10.3 Å². The lowest BCUT2D eigenvalue weighted by molar-refractivity contribution is -0.136. The Morgan fingerprint density at radius 1 is 1.19 bits per heavy atom. The summed E-state index contributed by atoms with van der Waals surface area (Å²) in [6.07, 6.45) is 5.04. The number of rotatable bonds is 8. The predicted molar refractivity (Wildman–Crippen MR) is 117 cm³/mol. The van der Waals surface area contributed by atoms with Gasteiger partial charge < -0.3 is 20.1 Å². The van der Waals surface area contributed by atoms with Crippen LogP contribution in [0.25, 0.3) is 10.9 Å². The minimum atomic E-state index is -0.948. The number of carbonyl (C=O) groups is 1. The lowest BCUT2D eigenvalue weighted by Gasteiger charge is -2.28. The number of aromatic amines is 1. The van der Waals surface area contributed by atoms with E-state index >= 15 is 0 Å². The van der Waals surface area contributed by atoms with E-state index in [9.17, 15) is 13.6 Å². The zero-order valence-electron chi connectivity index (χ0n) is 16.9. The zero-order valence-corrected chi connectivity index (χ0v) is 17.7. The van der Waals surface area contributed by atoms with Crippen molar-refractivity contribution in [2.24, 2.45) is 0 Å². The summed E-state index contributed by atoms with van der Waals surface area (Å²) in [6, 6.07) is 7.56. The first-order valence-electron chi connectivity index (χ1n) is 10.1. The van der Waals surface area contributed by atoms with Crippen LogP contribution in [0.15, 0.2) is 36.5 Å². The van der Waals surface area contributed by atoms with Crippen LogP contribution in [-0.2, 0) is 24.1 Å². The predicted octanol–water partition coefficient (Wildman–Crippen LogP) is 4.41. The molecule has 31 heavy (non-hydrogen) atoms. The van der Waals surface area contributed by atoms with Crippen LogP contribution in [0.2, 0.25) is 0 Å². The highest BCUT2D eigenvalue weighted by molar-refractivity contribution is 5.85. The lowest BCUT2D eigenvalue weighted by atomic mass is 9.95. The van der Waals surface area contributed by atoms with Gasteiger partial charge in [-0.2, -0.15) is 0 Å². The van der Waals surface area contributed by atoms with Crippen molar-refractivity contribution in [2.45, 2.75) is 38.1 Å². The Bertz CT molecular complexity index is 1070. The number of aromatic nitrogens is 1. The first-order valence-corrected chi connectivity index (χ1v) is 10.1.